The Hall–Kier alpha value is -3.16. The Bertz CT molecular complexity index is 909. The lowest BCUT2D eigenvalue weighted by Crippen LogP contribution is -2.53. The monoisotopic (exact) mass is 371 g/mol. The Morgan fingerprint density at radius 3 is 2.26 bits per heavy atom. The summed E-state index contributed by atoms with van der Waals surface area (Å²) in [5, 5.41) is 12.3. The molecule has 1 aliphatic rings. The van der Waals surface area contributed by atoms with E-state index in [9.17, 15) is 24.3 Å². The maximum Gasteiger partial charge on any atom is 0.326 e. The van der Waals surface area contributed by atoms with Crippen LogP contribution in [0.15, 0.2) is 39.9 Å². The molecule has 3 rings (SSSR count). The number of carbonyl (C=O) groups excluding carboxylic acids is 1. The highest BCUT2D eigenvalue weighted by Crippen LogP contribution is 2.23. The van der Waals surface area contributed by atoms with E-state index in [0.717, 1.165) is 5.56 Å². The van der Waals surface area contributed by atoms with E-state index in [0.29, 0.717) is 26.2 Å². The number of benzene rings is 1. The SMILES string of the molecule is CC(=O)N1CCN(c2c(N[C@@H](Cc3ccccc3)C(=O)O)c(=O)c2=O)CC1. The molecule has 2 aromatic rings. The molecule has 0 unspecified atom stereocenters. The second-order valence-corrected chi connectivity index (χ2v) is 6.60. The molecule has 1 fully saturated rings. The molecular weight excluding hydrogens is 350 g/mol. The van der Waals surface area contributed by atoms with Crippen molar-refractivity contribution in [1.29, 1.82) is 0 Å². The standard InChI is InChI=1S/C19H21N3O5/c1-12(23)21-7-9-22(10-8-21)16-15(17(24)18(16)25)20-14(19(26)27)11-13-5-3-2-4-6-13/h2-6,14,20H,7-11H2,1H3,(H,26,27)/t14-/m0/s1. The van der Waals surface area contributed by atoms with Crippen LogP contribution in [0.1, 0.15) is 12.5 Å². The highest BCUT2D eigenvalue weighted by Gasteiger charge is 2.31. The van der Waals surface area contributed by atoms with Crippen molar-refractivity contribution in [2.24, 2.45) is 0 Å². The zero-order valence-electron chi connectivity index (χ0n) is 15.0. The van der Waals surface area contributed by atoms with Gasteiger partial charge in [-0.2, -0.15) is 0 Å². The summed E-state index contributed by atoms with van der Waals surface area (Å²) in [5.74, 6) is -1.13. The molecule has 1 amide bonds. The smallest absolute Gasteiger partial charge is 0.326 e. The van der Waals surface area contributed by atoms with Gasteiger partial charge in [0.1, 0.15) is 17.4 Å². The third kappa shape index (κ3) is 3.84. The van der Waals surface area contributed by atoms with Gasteiger partial charge in [0.25, 0.3) is 10.9 Å². The molecule has 2 N–H and O–H groups in total. The minimum absolute atomic E-state index is 0.0354. The third-order valence-corrected chi connectivity index (χ3v) is 4.83. The highest BCUT2D eigenvalue weighted by molar-refractivity contribution is 5.83. The predicted octanol–water partition coefficient (Wildman–Crippen LogP) is 0.0589. The van der Waals surface area contributed by atoms with Gasteiger partial charge in [-0.3, -0.25) is 14.4 Å². The van der Waals surface area contributed by atoms with E-state index in [2.05, 4.69) is 5.32 Å². The van der Waals surface area contributed by atoms with Crippen LogP contribution in [0, 0.1) is 0 Å². The van der Waals surface area contributed by atoms with Gasteiger partial charge in [0, 0.05) is 39.5 Å². The van der Waals surface area contributed by atoms with Gasteiger partial charge in [0.2, 0.25) is 5.91 Å². The molecule has 1 heterocycles. The fourth-order valence-electron chi connectivity index (χ4n) is 3.28. The second kappa shape index (κ2) is 7.61. The van der Waals surface area contributed by atoms with Crippen molar-refractivity contribution in [3.05, 3.63) is 56.3 Å². The molecule has 142 valence electrons. The average Bonchev–Trinajstić information content (AvgIpc) is 2.67. The summed E-state index contributed by atoms with van der Waals surface area (Å²) in [6.07, 6.45) is 0.187. The van der Waals surface area contributed by atoms with Gasteiger partial charge < -0.3 is 20.2 Å². The van der Waals surface area contributed by atoms with Gasteiger partial charge in [0.05, 0.1) is 0 Å². The molecule has 2 aromatic carbocycles. The fraction of sp³-hybridized carbons (Fsp3) is 0.368. The van der Waals surface area contributed by atoms with Gasteiger partial charge in [-0.1, -0.05) is 30.3 Å². The molecule has 0 saturated carbocycles. The topological polar surface area (TPSA) is 107 Å². The first-order valence-corrected chi connectivity index (χ1v) is 8.75. The summed E-state index contributed by atoms with van der Waals surface area (Å²) >= 11 is 0. The number of amides is 1. The molecule has 0 aliphatic carbocycles. The summed E-state index contributed by atoms with van der Waals surface area (Å²) in [4.78, 5) is 50.6. The maximum absolute atomic E-state index is 12.1. The highest BCUT2D eigenvalue weighted by atomic mass is 16.4. The molecular formula is C19H21N3O5. The summed E-state index contributed by atoms with van der Waals surface area (Å²) in [7, 11) is 0. The summed E-state index contributed by atoms with van der Waals surface area (Å²) in [6.45, 7) is 3.26. The van der Waals surface area contributed by atoms with Crippen molar-refractivity contribution in [2.45, 2.75) is 19.4 Å². The molecule has 1 atom stereocenters. The van der Waals surface area contributed by atoms with E-state index in [1.807, 2.05) is 30.3 Å². The van der Waals surface area contributed by atoms with Gasteiger partial charge in [-0.25, -0.2) is 4.79 Å². The van der Waals surface area contributed by atoms with Crippen LogP contribution >= 0.6 is 0 Å². The number of carboxylic acids is 1. The second-order valence-electron chi connectivity index (χ2n) is 6.60. The van der Waals surface area contributed by atoms with Crippen molar-refractivity contribution in [3.8, 4) is 0 Å². The number of anilines is 2. The van der Waals surface area contributed by atoms with Gasteiger partial charge in [0.15, 0.2) is 0 Å². The van der Waals surface area contributed by atoms with Gasteiger partial charge >= 0.3 is 5.97 Å². The summed E-state index contributed by atoms with van der Waals surface area (Å²) in [5.41, 5.74) is -0.217. The first-order chi connectivity index (χ1) is 12.9. The Morgan fingerprint density at radius 1 is 1.07 bits per heavy atom. The lowest BCUT2D eigenvalue weighted by atomic mass is 10.0. The lowest BCUT2D eigenvalue weighted by molar-refractivity contribution is -0.138. The van der Waals surface area contributed by atoms with Crippen molar-refractivity contribution in [3.63, 3.8) is 0 Å². The van der Waals surface area contributed by atoms with Crippen LogP contribution in [0.3, 0.4) is 0 Å². The van der Waals surface area contributed by atoms with Crippen molar-refractivity contribution in [2.75, 3.05) is 36.4 Å². The van der Waals surface area contributed by atoms with Crippen molar-refractivity contribution in [1.82, 2.24) is 4.90 Å². The molecule has 8 heteroatoms. The number of hydrogen-bond acceptors (Lipinski definition) is 6. The molecule has 0 radical (unpaired) electrons. The zero-order valence-corrected chi connectivity index (χ0v) is 15.0. The van der Waals surface area contributed by atoms with Crippen LogP contribution in [0.2, 0.25) is 0 Å². The van der Waals surface area contributed by atoms with E-state index >= 15 is 0 Å². The minimum atomic E-state index is -1.10. The molecule has 1 aliphatic heterocycles. The van der Waals surface area contributed by atoms with Gasteiger partial charge in [-0.05, 0) is 5.56 Å². The lowest BCUT2D eigenvalue weighted by Gasteiger charge is -2.36. The van der Waals surface area contributed by atoms with Crippen LogP contribution in [-0.2, 0) is 16.0 Å². The Morgan fingerprint density at radius 2 is 1.70 bits per heavy atom. The van der Waals surface area contributed by atoms with Crippen molar-refractivity contribution >= 4 is 23.3 Å². The summed E-state index contributed by atoms with van der Waals surface area (Å²) in [6, 6.07) is 8.05. The van der Waals surface area contributed by atoms with Crippen LogP contribution in [0.25, 0.3) is 0 Å². The fourth-order valence-corrected chi connectivity index (χ4v) is 3.28. The van der Waals surface area contributed by atoms with Gasteiger partial charge in [-0.15, -0.1) is 0 Å². The van der Waals surface area contributed by atoms with E-state index in [-0.39, 0.29) is 23.7 Å². The molecule has 8 nitrogen and oxygen atoms in total. The zero-order chi connectivity index (χ0) is 19.6. The Labute approximate surface area is 155 Å². The van der Waals surface area contributed by atoms with E-state index in [1.165, 1.54) is 6.92 Å². The number of aliphatic carboxylic acids is 1. The molecule has 1 saturated heterocycles. The van der Waals surface area contributed by atoms with Crippen LogP contribution in [0.5, 0.6) is 0 Å². The number of carboxylic acid groups (broad SMARTS) is 1. The number of piperazine rings is 1. The number of nitrogens with one attached hydrogen (secondary N) is 1. The largest absolute Gasteiger partial charge is 0.480 e. The molecule has 0 spiro atoms. The maximum atomic E-state index is 12.1. The van der Waals surface area contributed by atoms with E-state index in [1.54, 1.807) is 9.80 Å². The first-order valence-electron chi connectivity index (χ1n) is 8.75. The third-order valence-electron chi connectivity index (χ3n) is 4.83. The number of nitrogens with zero attached hydrogens (tertiary/aromatic N) is 2. The number of carbonyl (C=O) groups is 2. The van der Waals surface area contributed by atoms with E-state index in [4.69, 9.17) is 0 Å². The molecule has 27 heavy (non-hydrogen) atoms. The quantitative estimate of drug-likeness (QED) is 0.692. The Balaban J connectivity index is 1.76. The minimum Gasteiger partial charge on any atom is -0.480 e. The van der Waals surface area contributed by atoms with Crippen molar-refractivity contribution < 1.29 is 14.7 Å². The van der Waals surface area contributed by atoms with Crippen LogP contribution in [0.4, 0.5) is 11.4 Å². The van der Waals surface area contributed by atoms with Crippen LogP contribution in [-0.4, -0.2) is 54.1 Å². The van der Waals surface area contributed by atoms with Crippen LogP contribution < -0.4 is 21.1 Å². The normalized spacial score (nSPS) is 15.6. The predicted molar refractivity (Wildman–Crippen MR) is 101 cm³/mol. The molecule has 0 bridgehead atoms. The average molecular weight is 371 g/mol. The number of rotatable bonds is 6. The number of hydrogen-bond donors (Lipinski definition) is 2. The summed E-state index contributed by atoms with van der Waals surface area (Å²) < 4.78 is 0. The van der Waals surface area contributed by atoms with E-state index < -0.39 is 22.9 Å². The molecule has 0 aromatic heterocycles. The first kappa shape index (κ1) is 18.6. The Kier molecular flexibility index (Phi) is 5.25.